The molecule has 2 nitrogen and oxygen atoms in total. The molecule has 1 aromatic heterocycles. The Hall–Kier alpha value is -1.54. The number of rotatable bonds is 2. The van der Waals surface area contributed by atoms with Crippen molar-refractivity contribution >= 4 is 17.9 Å². The van der Waals surface area contributed by atoms with Gasteiger partial charge in [0, 0.05) is 22.8 Å². The predicted molar refractivity (Wildman–Crippen MR) is 76.8 cm³/mol. The molecule has 1 N–H and O–H groups in total. The number of aromatic nitrogens is 1. The van der Waals surface area contributed by atoms with Crippen molar-refractivity contribution in [2.45, 2.75) is 31.6 Å². The van der Waals surface area contributed by atoms with Gasteiger partial charge in [-0.25, -0.2) is 0 Å². The second-order valence-electron chi connectivity index (χ2n) is 5.26. The summed E-state index contributed by atoms with van der Waals surface area (Å²) in [5.41, 5.74) is 4.71. The number of aryl methyl sites for hydroxylation is 1. The van der Waals surface area contributed by atoms with Crippen LogP contribution in [0.5, 0.6) is 0 Å². The van der Waals surface area contributed by atoms with E-state index >= 15 is 0 Å². The van der Waals surface area contributed by atoms with Gasteiger partial charge in [0.15, 0.2) is 0 Å². The Morgan fingerprint density at radius 1 is 1.37 bits per heavy atom. The van der Waals surface area contributed by atoms with Gasteiger partial charge in [0.25, 0.3) is 0 Å². The summed E-state index contributed by atoms with van der Waals surface area (Å²) in [6.45, 7) is 2.06. The molecule has 1 aromatic carbocycles. The number of hydrogen-bond acceptors (Lipinski definition) is 1. The van der Waals surface area contributed by atoms with E-state index in [9.17, 15) is 4.79 Å². The summed E-state index contributed by atoms with van der Waals surface area (Å²) >= 11 is 6.28. The van der Waals surface area contributed by atoms with Gasteiger partial charge in [0.05, 0.1) is 0 Å². The van der Waals surface area contributed by atoms with E-state index < -0.39 is 0 Å². The van der Waals surface area contributed by atoms with E-state index in [4.69, 9.17) is 11.6 Å². The number of aldehydes is 1. The van der Waals surface area contributed by atoms with Crippen molar-refractivity contribution in [2.24, 2.45) is 0 Å². The van der Waals surface area contributed by atoms with E-state index in [1.807, 2.05) is 24.4 Å². The molecular weight excluding hydrogens is 258 g/mol. The lowest BCUT2D eigenvalue weighted by Crippen LogP contribution is -2.18. The predicted octanol–water partition coefficient (Wildman–Crippen LogP) is 3.99. The van der Waals surface area contributed by atoms with Gasteiger partial charge in [-0.3, -0.25) is 0 Å². The Morgan fingerprint density at radius 2 is 2.16 bits per heavy atom. The van der Waals surface area contributed by atoms with Crippen molar-refractivity contribution < 1.29 is 4.79 Å². The van der Waals surface area contributed by atoms with Crippen molar-refractivity contribution in [1.82, 2.24) is 4.98 Å². The number of benzene rings is 1. The third-order valence-electron chi connectivity index (χ3n) is 4.08. The molecule has 2 atom stereocenters. The zero-order valence-corrected chi connectivity index (χ0v) is 11.6. The van der Waals surface area contributed by atoms with Crippen molar-refractivity contribution in [2.75, 3.05) is 0 Å². The van der Waals surface area contributed by atoms with Crippen LogP contribution in [0, 0.1) is 6.92 Å². The molecule has 3 rings (SSSR count). The first kappa shape index (κ1) is 12.5. The molecule has 2 aromatic rings. The molecule has 0 saturated heterocycles. The van der Waals surface area contributed by atoms with Gasteiger partial charge < -0.3 is 9.78 Å². The highest BCUT2D eigenvalue weighted by Crippen LogP contribution is 2.41. The average molecular weight is 274 g/mol. The first-order chi connectivity index (χ1) is 9.20. The van der Waals surface area contributed by atoms with E-state index in [1.165, 1.54) is 16.8 Å². The number of nitrogens with one attached hydrogen (secondary N) is 1. The summed E-state index contributed by atoms with van der Waals surface area (Å²) in [4.78, 5) is 14.7. The van der Waals surface area contributed by atoms with Crippen LogP contribution in [-0.2, 0) is 11.2 Å². The molecule has 1 heterocycles. The molecular formula is C16H16ClNO. The molecule has 1 aliphatic rings. The van der Waals surface area contributed by atoms with Crippen LogP contribution in [0.1, 0.15) is 40.6 Å². The quantitative estimate of drug-likeness (QED) is 0.825. The van der Waals surface area contributed by atoms with Crippen molar-refractivity contribution in [3.63, 3.8) is 0 Å². The maximum Gasteiger partial charge on any atom is 0.127 e. The Labute approximate surface area is 117 Å². The zero-order chi connectivity index (χ0) is 13.4. The molecule has 19 heavy (non-hydrogen) atoms. The van der Waals surface area contributed by atoms with Crippen LogP contribution in [0.25, 0.3) is 0 Å². The van der Waals surface area contributed by atoms with Crippen LogP contribution < -0.4 is 0 Å². The van der Waals surface area contributed by atoms with Gasteiger partial charge in [0.1, 0.15) is 6.29 Å². The van der Waals surface area contributed by atoms with E-state index in [2.05, 4.69) is 18.0 Å². The lowest BCUT2D eigenvalue weighted by molar-refractivity contribution is -0.109. The summed E-state index contributed by atoms with van der Waals surface area (Å²) in [6, 6.07) is 7.93. The highest BCUT2D eigenvalue weighted by molar-refractivity contribution is 6.31. The standard InChI is InChI=1S/C16H16ClNO/c1-10-8-18-15-7-11(6-12(9-19)16(10)15)13-4-2-3-5-14(13)17/h2-5,8-9,11-12,18H,6-7H2,1H3. The summed E-state index contributed by atoms with van der Waals surface area (Å²) in [5.74, 6) is 0.297. The maximum absolute atomic E-state index is 11.4. The van der Waals surface area contributed by atoms with Crippen molar-refractivity contribution in [3.8, 4) is 0 Å². The number of halogens is 1. The largest absolute Gasteiger partial charge is 0.364 e. The van der Waals surface area contributed by atoms with Gasteiger partial charge in [-0.05, 0) is 48.4 Å². The lowest BCUT2D eigenvalue weighted by Gasteiger charge is -2.28. The Morgan fingerprint density at radius 3 is 2.89 bits per heavy atom. The number of carbonyl (C=O) groups is 1. The smallest absolute Gasteiger partial charge is 0.127 e. The minimum absolute atomic E-state index is 0.0173. The van der Waals surface area contributed by atoms with Crippen LogP contribution in [0.4, 0.5) is 0 Å². The Kier molecular flexibility index (Phi) is 3.19. The summed E-state index contributed by atoms with van der Waals surface area (Å²) in [5, 5.41) is 0.795. The Balaban J connectivity index is 2.01. The van der Waals surface area contributed by atoms with E-state index in [1.54, 1.807) is 0 Å². The van der Waals surface area contributed by atoms with Gasteiger partial charge >= 0.3 is 0 Å². The van der Waals surface area contributed by atoms with E-state index in [0.29, 0.717) is 5.92 Å². The highest BCUT2D eigenvalue weighted by Gasteiger charge is 2.30. The number of carbonyl (C=O) groups excluding carboxylic acids is 1. The van der Waals surface area contributed by atoms with Gasteiger partial charge in [0.2, 0.25) is 0 Å². The highest BCUT2D eigenvalue weighted by atomic mass is 35.5. The molecule has 3 heteroatoms. The number of fused-ring (bicyclic) bond motifs is 1. The molecule has 98 valence electrons. The second kappa shape index (κ2) is 4.86. The van der Waals surface area contributed by atoms with Gasteiger partial charge in [-0.2, -0.15) is 0 Å². The Bertz CT molecular complexity index is 617. The maximum atomic E-state index is 11.4. The van der Waals surface area contributed by atoms with E-state index in [0.717, 1.165) is 29.7 Å². The fourth-order valence-electron chi connectivity index (χ4n) is 3.19. The van der Waals surface area contributed by atoms with Crippen LogP contribution in [0.15, 0.2) is 30.5 Å². The minimum atomic E-state index is -0.0173. The molecule has 0 spiro atoms. The first-order valence-corrected chi connectivity index (χ1v) is 6.95. The van der Waals surface area contributed by atoms with Gasteiger partial charge in [-0.1, -0.05) is 29.8 Å². The van der Waals surface area contributed by atoms with Crippen LogP contribution in [0.3, 0.4) is 0 Å². The first-order valence-electron chi connectivity index (χ1n) is 6.57. The van der Waals surface area contributed by atoms with Crippen LogP contribution in [0.2, 0.25) is 5.02 Å². The fourth-order valence-corrected chi connectivity index (χ4v) is 3.48. The van der Waals surface area contributed by atoms with E-state index in [-0.39, 0.29) is 5.92 Å². The topological polar surface area (TPSA) is 32.9 Å². The lowest BCUT2D eigenvalue weighted by atomic mass is 9.76. The normalized spacial score (nSPS) is 22.0. The number of H-pyrrole nitrogens is 1. The summed E-state index contributed by atoms with van der Waals surface area (Å²) < 4.78 is 0. The molecule has 0 aliphatic heterocycles. The van der Waals surface area contributed by atoms with Crippen molar-refractivity contribution in [1.29, 1.82) is 0 Å². The SMILES string of the molecule is Cc1c[nH]c2c1C(C=O)CC(c1ccccc1Cl)C2. The molecule has 2 unspecified atom stereocenters. The summed E-state index contributed by atoms with van der Waals surface area (Å²) in [6.07, 6.45) is 4.84. The third kappa shape index (κ3) is 2.10. The van der Waals surface area contributed by atoms with Crippen LogP contribution >= 0.6 is 11.6 Å². The molecule has 0 saturated carbocycles. The van der Waals surface area contributed by atoms with Gasteiger partial charge in [-0.15, -0.1) is 0 Å². The minimum Gasteiger partial charge on any atom is -0.364 e. The van der Waals surface area contributed by atoms with Crippen LogP contribution in [-0.4, -0.2) is 11.3 Å². The molecule has 0 amide bonds. The average Bonchev–Trinajstić information content (AvgIpc) is 2.80. The second-order valence-corrected chi connectivity index (χ2v) is 5.67. The molecule has 0 bridgehead atoms. The van der Waals surface area contributed by atoms with Crippen molar-refractivity contribution in [3.05, 3.63) is 57.9 Å². The summed E-state index contributed by atoms with van der Waals surface area (Å²) in [7, 11) is 0. The monoisotopic (exact) mass is 273 g/mol. The molecule has 0 radical (unpaired) electrons. The number of hydrogen-bond donors (Lipinski definition) is 1. The third-order valence-corrected chi connectivity index (χ3v) is 4.43. The zero-order valence-electron chi connectivity index (χ0n) is 10.8. The molecule has 0 fully saturated rings. The number of aromatic amines is 1. The molecule has 1 aliphatic carbocycles. The fraction of sp³-hybridized carbons (Fsp3) is 0.312.